The van der Waals surface area contributed by atoms with Crippen LogP contribution in [-0.2, 0) is 4.79 Å². The van der Waals surface area contributed by atoms with Crippen molar-refractivity contribution in [2.75, 3.05) is 13.6 Å². The fraction of sp³-hybridized carbons (Fsp3) is 0.889. The lowest BCUT2D eigenvalue weighted by Gasteiger charge is -2.34. The van der Waals surface area contributed by atoms with E-state index in [2.05, 4.69) is 11.8 Å². The number of hydrogen-bond acceptors (Lipinski definition) is 2. The molecular formula is C9H17NO. The SMILES string of the molecule is CC(=O)[C@H]1C[C@H](C)CCN1C. The highest BCUT2D eigenvalue weighted by atomic mass is 16.1. The zero-order valence-electron chi connectivity index (χ0n) is 7.63. The number of rotatable bonds is 1. The summed E-state index contributed by atoms with van der Waals surface area (Å²) in [6.45, 7) is 4.99. The predicted octanol–water partition coefficient (Wildman–Crippen LogP) is 1.31. The van der Waals surface area contributed by atoms with Gasteiger partial charge in [-0.2, -0.15) is 0 Å². The van der Waals surface area contributed by atoms with Crippen LogP contribution in [0.15, 0.2) is 0 Å². The van der Waals surface area contributed by atoms with Gasteiger partial charge in [0.2, 0.25) is 0 Å². The molecule has 0 amide bonds. The maximum atomic E-state index is 11.1. The van der Waals surface area contributed by atoms with Crippen LogP contribution in [0.4, 0.5) is 0 Å². The van der Waals surface area contributed by atoms with E-state index in [1.165, 1.54) is 6.42 Å². The molecule has 0 aromatic rings. The van der Waals surface area contributed by atoms with E-state index in [9.17, 15) is 4.79 Å². The Labute approximate surface area is 68.6 Å². The molecule has 0 aliphatic carbocycles. The summed E-state index contributed by atoms with van der Waals surface area (Å²) in [5.41, 5.74) is 0. The molecule has 1 fully saturated rings. The summed E-state index contributed by atoms with van der Waals surface area (Å²) in [5.74, 6) is 1.04. The summed E-state index contributed by atoms with van der Waals surface area (Å²) in [4.78, 5) is 13.3. The summed E-state index contributed by atoms with van der Waals surface area (Å²) >= 11 is 0. The maximum Gasteiger partial charge on any atom is 0.146 e. The van der Waals surface area contributed by atoms with E-state index in [4.69, 9.17) is 0 Å². The number of likely N-dealkylation sites (N-methyl/N-ethyl adjacent to an activating group) is 1. The molecule has 2 nitrogen and oxygen atoms in total. The van der Waals surface area contributed by atoms with Crippen molar-refractivity contribution in [3.8, 4) is 0 Å². The van der Waals surface area contributed by atoms with Crippen molar-refractivity contribution in [1.29, 1.82) is 0 Å². The first-order chi connectivity index (χ1) is 5.11. The van der Waals surface area contributed by atoms with E-state index >= 15 is 0 Å². The Morgan fingerprint density at radius 3 is 2.64 bits per heavy atom. The predicted molar refractivity (Wildman–Crippen MR) is 45.5 cm³/mol. The zero-order chi connectivity index (χ0) is 8.43. The molecule has 0 aromatic heterocycles. The number of likely N-dealkylation sites (tertiary alicyclic amines) is 1. The van der Waals surface area contributed by atoms with Crippen LogP contribution in [0.1, 0.15) is 26.7 Å². The van der Waals surface area contributed by atoms with Crippen molar-refractivity contribution in [2.45, 2.75) is 32.7 Å². The molecule has 1 rings (SSSR count). The molecule has 1 heterocycles. The van der Waals surface area contributed by atoms with Crippen molar-refractivity contribution in [2.24, 2.45) is 5.92 Å². The third kappa shape index (κ3) is 2.03. The fourth-order valence-electron chi connectivity index (χ4n) is 1.74. The molecule has 0 aromatic carbocycles. The summed E-state index contributed by atoms with van der Waals surface area (Å²) in [6, 6.07) is 0.193. The van der Waals surface area contributed by atoms with Gasteiger partial charge in [-0.25, -0.2) is 0 Å². The van der Waals surface area contributed by atoms with Gasteiger partial charge in [-0.05, 0) is 39.3 Å². The molecule has 0 unspecified atom stereocenters. The molecule has 0 saturated carbocycles. The van der Waals surface area contributed by atoms with Crippen LogP contribution in [0.25, 0.3) is 0 Å². The molecule has 64 valence electrons. The van der Waals surface area contributed by atoms with Crippen LogP contribution in [0, 0.1) is 5.92 Å². The summed E-state index contributed by atoms with van der Waals surface area (Å²) in [7, 11) is 2.04. The molecule has 11 heavy (non-hydrogen) atoms. The van der Waals surface area contributed by atoms with Gasteiger partial charge < -0.3 is 0 Å². The Bertz CT molecular complexity index is 156. The first-order valence-corrected chi connectivity index (χ1v) is 4.32. The third-order valence-electron chi connectivity index (χ3n) is 2.60. The first-order valence-electron chi connectivity index (χ1n) is 4.32. The molecule has 1 aliphatic heterocycles. The quantitative estimate of drug-likeness (QED) is 0.569. The topological polar surface area (TPSA) is 20.3 Å². The number of carbonyl (C=O) groups excluding carboxylic acids is 1. The van der Waals surface area contributed by atoms with Gasteiger partial charge in [0.15, 0.2) is 0 Å². The highest BCUT2D eigenvalue weighted by Gasteiger charge is 2.26. The van der Waals surface area contributed by atoms with Gasteiger partial charge in [0.25, 0.3) is 0 Å². The second kappa shape index (κ2) is 3.35. The lowest BCUT2D eigenvalue weighted by molar-refractivity contribution is -0.123. The van der Waals surface area contributed by atoms with Crippen molar-refractivity contribution < 1.29 is 4.79 Å². The molecule has 0 spiro atoms. The Balaban J connectivity index is 2.54. The summed E-state index contributed by atoms with van der Waals surface area (Å²) in [6.07, 6.45) is 2.28. The number of ketones is 1. The van der Waals surface area contributed by atoms with Crippen molar-refractivity contribution >= 4 is 5.78 Å². The standard InChI is InChI=1S/C9H17NO/c1-7-4-5-10(3)9(6-7)8(2)11/h7,9H,4-6H2,1-3H3/t7-,9-/m1/s1. The number of piperidine rings is 1. The lowest BCUT2D eigenvalue weighted by Crippen LogP contribution is -2.43. The van der Waals surface area contributed by atoms with Gasteiger partial charge in [0, 0.05) is 0 Å². The van der Waals surface area contributed by atoms with E-state index in [1.54, 1.807) is 6.92 Å². The Kier molecular flexibility index (Phi) is 2.66. The zero-order valence-corrected chi connectivity index (χ0v) is 7.63. The average molecular weight is 155 g/mol. The van der Waals surface area contributed by atoms with Crippen LogP contribution in [0.3, 0.4) is 0 Å². The van der Waals surface area contributed by atoms with Crippen LogP contribution >= 0.6 is 0 Å². The van der Waals surface area contributed by atoms with E-state index in [-0.39, 0.29) is 6.04 Å². The molecule has 1 saturated heterocycles. The molecular weight excluding hydrogens is 138 g/mol. The van der Waals surface area contributed by atoms with Crippen LogP contribution in [0.5, 0.6) is 0 Å². The summed E-state index contributed by atoms with van der Waals surface area (Å²) < 4.78 is 0. The largest absolute Gasteiger partial charge is 0.298 e. The van der Waals surface area contributed by atoms with Crippen molar-refractivity contribution in [3.05, 3.63) is 0 Å². The van der Waals surface area contributed by atoms with Crippen LogP contribution in [-0.4, -0.2) is 30.3 Å². The normalized spacial score (nSPS) is 33.7. The highest BCUT2D eigenvalue weighted by molar-refractivity contribution is 5.81. The minimum Gasteiger partial charge on any atom is -0.298 e. The molecule has 0 radical (unpaired) electrons. The van der Waals surface area contributed by atoms with Gasteiger partial charge in [-0.1, -0.05) is 6.92 Å². The van der Waals surface area contributed by atoms with Crippen molar-refractivity contribution in [3.63, 3.8) is 0 Å². The average Bonchev–Trinajstić information content (AvgIpc) is 1.94. The smallest absolute Gasteiger partial charge is 0.146 e. The molecule has 0 N–H and O–H groups in total. The van der Waals surface area contributed by atoms with Gasteiger partial charge in [0.05, 0.1) is 6.04 Å². The molecule has 1 aliphatic rings. The summed E-state index contributed by atoms with van der Waals surface area (Å²) in [5, 5.41) is 0. The Hall–Kier alpha value is -0.370. The van der Waals surface area contributed by atoms with Gasteiger partial charge in [-0.15, -0.1) is 0 Å². The van der Waals surface area contributed by atoms with Crippen molar-refractivity contribution in [1.82, 2.24) is 4.90 Å². The monoisotopic (exact) mass is 155 g/mol. The van der Waals surface area contributed by atoms with E-state index in [1.807, 2.05) is 7.05 Å². The third-order valence-corrected chi connectivity index (χ3v) is 2.60. The van der Waals surface area contributed by atoms with Gasteiger partial charge >= 0.3 is 0 Å². The maximum absolute atomic E-state index is 11.1. The van der Waals surface area contributed by atoms with Gasteiger partial charge in [0.1, 0.15) is 5.78 Å². The van der Waals surface area contributed by atoms with Crippen LogP contribution < -0.4 is 0 Å². The molecule has 2 heteroatoms. The first kappa shape index (κ1) is 8.72. The van der Waals surface area contributed by atoms with Crippen LogP contribution in [0.2, 0.25) is 0 Å². The Morgan fingerprint density at radius 1 is 1.55 bits per heavy atom. The van der Waals surface area contributed by atoms with E-state index in [0.717, 1.165) is 18.9 Å². The fourth-order valence-corrected chi connectivity index (χ4v) is 1.74. The van der Waals surface area contributed by atoms with Gasteiger partial charge in [-0.3, -0.25) is 9.69 Å². The molecule has 2 atom stereocenters. The molecule has 0 bridgehead atoms. The number of hydrogen-bond donors (Lipinski definition) is 0. The number of Topliss-reactive ketones (excluding diaryl/α,β-unsaturated/α-hetero) is 1. The minimum atomic E-state index is 0.193. The second-order valence-electron chi connectivity index (χ2n) is 3.74. The Morgan fingerprint density at radius 2 is 2.18 bits per heavy atom. The highest BCUT2D eigenvalue weighted by Crippen LogP contribution is 2.21. The lowest BCUT2D eigenvalue weighted by atomic mass is 9.91. The number of carbonyl (C=O) groups is 1. The van der Waals surface area contributed by atoms with E-state index < -0.39 is 0 Å². The van der Waals surface area contributed by atoms with E-state index in [0.29, 0.717) is 5.78 Å². The second-order valence-corrected chi connectivity index (χ2v) is 3.74. The number of nitrogens with zero attached hydrogens (tertiary/aromatic N) is 1. The minimum absolute atomic E-state index is 0.193.